The predicted molar refractivity (Wildman–Crippen MR) is 77.6 cm³/mol. The van der Waals surface area contributed by atoms with Crippen LogP contribution in [-0.4, -0.2) is 5.16 Å². The van der Waals surface area contributed by atoms with E-state index in [-0.39, 0.29) is 0 Å². The average Bonchev–Trinajstić information content (AvgIpc) is 2.84. The lowest BCUT2D eigenvalue weighted by Gasteiger charge is -2.10. The number of nitrogens with zero attached hydrogens (tertiary/aromatic N) is 1. The molecule has 4 rings (SSSR count). The topological polar surface area (TPSA) is 52.0 Å². The number of rotatable bonds is 2. The number of hydrogen-bond donors (Lipinski definition) is 1. The summed E-state index contributed by atoms with van der Waals surface area (Å²) in [6.07, 6.45) is 3.89. The van der Waals surface area contributed by atoms with E-state index in [1.807, 2.05) is 12.1 Å². The minimum Gasteiger partial charge on any atom is -0.380 e. The fraction of sp³-hybridized carbons (Fsp3) is 0.400. The Labute approximate surface area is 120 Å². The highest BCUT2D eigenvalue weighted by molar-refractivity contribution is 9.10. The Morgan fingerprint density at radius 3 is 2.47 bits per heavy atom. The first kappa shape index (κ1) is 11.5. The molecule has 4 heteroatoms. The minimum absolute atomic E-state index is 0.507. The van der Waals surface area contributed by atoms with E-state index in [0.717, 1.165) is 33.2 Å². The van der Waals surface area contributed by atoms with Crippen LogP contribution < -0.4 is 5.73 Å². The molecule has 98 valence electrons. The van der Waals surface area contributed by atoms with E-state index in [1.54, 1.807) is 0 Å². The molecule has 2 atom stereocenters. The van der Waals surface area contributed by atoms with Crippen molar-refractivity contribution < 1.29 is 4.52 Å². The number of hydrogen-bond acceptors (Lipinski definition) is 3. The van der Waals surface area contributed by atoms with E-state index in [9.17, 15) is 0 Å². The van der Waals surface area contributed by atoms with Crippen LogP contribution in [0.25, 0.3) is 11.1 Å². The molecule has 0 bridgehead atoms. The van der Waals surface area contributed by atoms with Crippen LogP contribution in [0.3, 0.4) is 0 Å². The zero-order valence-corrected chi connectivity index (χ0v) is 12.1. The van der Waals surface area contributed by atoms with Crippen LogP contribution in [0.1, 0.15) is 30.9 Å². The van der Waals surface area contributed by atoms with Crippen molar-refractivity contribution in [3.63, 3.8) is 0 Å². The molecule has 0 spiro atoms. The molecule has 1 aromatic carbocycles. The summed E-state index contributed by atoms with van der Waals surface area (Å²) in [7, 11) is 0. The Balaban J connectivity index is 1.74. The van der Waals surface area contributed by atoms with Crippen LogP contribution in [0.2, 0.25) is 0 Å². The van der Waals surface area contributed by atoms with Gasteiger partial charge < -0.3 is 10.3 Å². The Bertz CT molecular complexity index is 610. The number of halogens is 1. The van der Waals surface area contributed by atoms with Gasteiger partial charge in [-0.15, -0.1) is 0 Å². The van der Waals surface area contributed by atoms with E-state index in [4.69, 9.17) is 10.3 Å². The Kier molecular flexibility index (Phi) is 2.49. The first-order chi connectivity index (χ1) is 9.22. The average molecular weight is 319 g/mol. The highest BCUT2D eigenvalue weighted by Gasteiger charge is 2.48. The molecule has 0 saturated heterocycles. The summed E-state index contributed by atoms with van der Waals surface area (Å²) in [5, 5.41) is 3.99. The quantitative estimate of drug-likeness (QED) is 0.902. The van der Waals surface area contributed by atoms with Crippen molar-refractivity contribution in [3.8, 4) is 11.1 Å². The molecule has 2 N–H and O–H groups in total. The molecule has 0 amide bonds. The highest BCUT2D eigenvalue weighted by Crippen LogP contribution is 2.58. The highest BCUT2D eigenvalue weighted by atomic mass is 79.9. The van der Waals surface area contributed by atoms with Gasteiger partial charge in [0.2, 0.25) is 0 Å². The fourth-order valence-corrected chi connectivity index (χ4v) is 3.69. The summed E-state index contributed by atoms with van der Waals surface area (Å²) >= 11 is 3.46. The maximum Gasteiger partial charge on any atom is 0.175 e. The second-order valence-electron chi connectivity index (χ2n) is 5.74. The summed E-state index contributed by atoms with van der Waals surface area (Å²) in [5.74, 6) is 3.86. The van der Waals surface area contributed by atoms with Crippen LogP contribution in [0.4, 0.5) is 5.82 Å². The Morgan fingerprint density at radius 1 is 1.11 bits per heavy atom. The van der Waals surface area contributed by atoms with Gasteiger partial charge in [-0.2, -0.15) is 0 Å². The second kappa shape index (κ2) is 4.10. The Morgan fingerprint density at radius 2 is 1.79 bits per heavy atom. The van der Waals surface area contributed by atoms with Gasteiger partial charge in [0, 0.05) is 10.4 Å². The summed E-state index contributed by atoms with van der Waals surface area (Å²) < 4.78 is 6.61. The van der Waals surface area contributed by atoms with Crippen molar-refractivity contribution >= 4 is 21.7 Å². The van der Waals surface area contributed by atoms with Gasteiger partial charge in [0.15, 0.2) is 5.82 Å². The third kappa shape index (κ3) is 1.89. The normalized spacial score (nSPS) is 28.4. The van der Waals surface area contributed by atoms with Crippen LogP contribution in [0, 0.1) is 11.8 Å². The lowest BCUT2D eigenvalue weighted by molar-refractivity contribution is 0.356. The van der Waals surface area contributed by atoms with Gasteiger partial charge in [-0.1, -0.05) is 33.2 Å². The van der Waals surface area contributed by atoms with E-state index < -0.39 is 0 Å². The standard InChI is InChI=1S/C15H15BrN2O/c16-12-3-1-8(2-4-12)13-14(19-18-15(13)17)11-6-9-5-10(9)7-11/h1-4,9-11H,5-7H2,(H2,17,18). The molecule has 2 fully saturated rings. The molecule has 3 nitrogen and oxygen atoms in total. The largest absolute Gasteiger partial charge is 0.380 e. The number of nitrogens with two attached hydrogens (primary N) is 1. The SMILES string of the molecule is Nc1noc(C2CC3CC3C2)c1-c1ccc(Br)cc1. The van der Waals surface area contributed by atoms with Gasteiger partial charge >= 0.3 is 0 Å². The van der Waals surface area contributed by atoms with Gasteiger partial charge in [0.05, 0.1) is 5.56 Å². The smallest absolute Gasteiger partial charge is 0.175 e. The molecule has 0 aliphatic heterocycles. The zero-order chi connectivity index (χ0) is 13.0. The molecule has 2 aliphatic rings. The molecule has 2 unspecified atom stereocenters. The predicted octanol–water partition coefficient (Wildman–Crippen LogP) is 4.20. The van der Waals surface area contributed by atoms with Crippen molar-refractivity contribution in [2.24, 2.45) is 11.8 Å². The molecule has 2 saturated carbocycles. The fourth-order valence-electron chi connectivity index (χ4n) is 3.43. The summed E-state index contributed by atoms with van der Waals surface area (Å²) in [4.78, 5) is 0. The molecule has 1 aromatic heterocycles. The maximum absolute atomic E-state index is 6.01. The van der Waals surface area contributed by atoms with Crippen molar-refractivity contribution in [1.29, 1.82) is 0 Å². The molecule has 0 radical (unpaired) electrons. The summed E-state index contributed by atoms with van der Waals surface area (Å²) in [5.41, 5.74) is 8.10. The molecule has 19 heavy (non-hydrogen) atoms. The van der Waals surface area contributed by atoms with Gasteiger partial charge in [-0.3, -0.25) is 0 Å². The lowest BCUT2D eigenvalue weighted by atomic mass is 9.94. The molecular weight excluding hydrogens is 304 g/mol. The number of nitrogen functional groups attached to an aromatic ring is 1. The van der Waals surface area contributed by atoms with Gasteiger partial charge in [-0.25, -0.2) is 0 Å². The number of benzene rings is 1. The van der Waals surface area contributed by atoms with Crippen LogP contribution in [0.5, 0.6) is 0 Å². The molecule has 1 heterocycles. The third-order valence-corrected chi connectivity index (χ3v) is 5.02. The van der Waals surface area contributed by atoms with Gasteiger partial charge in [-0.05, 0) is 48.8 Å². The van der Waals surface area contributed by atoms with E-state index in [1.165, 1.54) is 19.3 Å². The van der Waals surface area contributed by atoms with Crippen LogP contribution >= 0.6 is 15.9 Å². The van der Waals surface area contributed by atoms with Crippen molar-refractivity contribution in [3.05, 3.63) is 34.5 Å². The summed E-state index contributed by atoms with van der Waals surface area (Å²) in [6.45, 7) is 0. The number of anilines is 1. The Hall–Kier alpha value is -1.29. The van der Waals surface area contributed by atoms with Crippen LogP contribution in [-0.2, 0) is 0 Å². The monoisotopic (exact) mass is 318 g/mol. The second-order valence-corrected chi connectivity index (χ2v) is 6.65. The van der Waals surface area contributed by atoms with Gasteiger partial charge in [0.1, 0.15) is 5.76 Å². The van der Waals surface area contributed by atoms with E-state index >= 15 is 0 Å². The van der Waals surface area contributed by atoms with Crippen molar-refractivity contribution in [1.82, 2.24) is 5.16 Å². The van der Waals surface area contributed by atoms with E-state index in [2.05, 4.69) is 33.2 Å². The molecule has 2 aromatic rings. The zero-order valence-electron chi connectivity index (χ0n) is 10.5. The molecule has 2 aliphatic carbocycles. The minimum atomic E-state index is 0.507. The van der Waals surface area contributed by atoms with Gasteiger partial charge in [0.25, 0.3) is 0 Å². The van der Waals surface area contributed by atoms with E-state index in [0.29, 0.717) is 11.7 Å². The lowest BCUT2D eigenvalue weighted by Crippen LogP contribution is -1.97. The number of fused-ring (bicyclic) bond motifs is 1. The third-order valence-electron chi connectivity index (χ3n) is 4.49. The van der Waals surface area contributed by atoms with Crippen LogP contribution in [0.15, 0.2) is 33.3 Å². The maximum atomic E-state index is 6.01. The first-order valence-corrected chi connectivity index (χ1v) is 7.52. The number of aromatic nitrogens is 1. The first-order valence-electron chi connectivity index (χ1n) is 6.73. The molecular formula is C15H15BrN2O. The van der Waals surface area contributed by atoms with Crippen molar-refractivity contribution in [2.45, 2.75) is 25.2 Å². The summed E-state index contributed by atoms with van der Waals surface area (Å²) in [6, 6.07) is 8.17. The van der Waals surface area contributed by atoms with Crippen molar-refractivity contribution in [2.75, 3.05) is 5.73 Å².